The number of nitrogens with zero attached hydrogens (tertiary/aromatic N) is 1. The number of rotatable bonds is 4. The van der Waals surface area contributed by atoms with Crippen molar-refractivity contribution in [2.45, 2.75) is 26.4 Å². The van der Waals surface area contributed by atoms with Gasteiger partial charge in [-0.05, 0) is 23.6 Å². The normalized spacial score (nSPS) is 21.2. The van der Waals surface area contributed by atoms with Gasteiger partial charge in [-0.2, -0.15) is 0 Å². The van der Waals surface area contributed by atoms with Crippen molar-refractivity contribution in [2.75, 3.05) is 26.7 Å². The Morgan fingerprint density at radius 1 is 1.33 bits per heavy atom. The topological polar surface area (TPSA) is 24.5 Å². The molecule has 1 aromatic carbocycles. The molecule has 1 heterocycles. The van der Waals surface area contributed by atoms with Crippen molar-refractivity contribution in [1.29, 1.82) is 0 Å². The van der Waals surface area contributed by atoms with E-state index >= 15 is 0 Å². The number of benzene rings is 1. The van der Waals surface area contributed by atoms with Crippen LogP contribution in [0.5, 0.6) is 5.75 Å². The highest BCUT2D eigenvalue weighted by atomic mass is 16.5. The molecule has 0 aliphatic carbocycles. The molecule has 1 saturated heterocycles. The fraction of sp³-hybridized carbons (Fsp3) is 0.600. The van der Waals surface area contributed by atoms with Crippen molar-refractivity contribution >= 4 is 0 Å². The zero-order valence-electron chi connectivity index (χ0n) is 11.6. The van der Waals surface area contributed by atoms with E-state index in [0.717, 1.165) is 31.9 Å². The van der Waals surface area contributed by atoms with Gasteiger partial charge in [0.15, 0.2) is 0 Å². The summed E-state index contributed by atoms with van der Waals surface area (Å²) in [4.78, 5) is 2.53. The minimum Gasteiger partial charge on any atom is -0.497 e. The van der Waals surface area contributed by atoms with Crippen LogP contribution in [0.3, 0.4) is 0 Å². The van der Waals surface area contributed by atoms with Crippen LogP contribution in [-0.2, 0) is 6.54 Å². The van der Waals surface area contributed by atoms with Gasteiger partial charge in [0.25, 0.3) is 0 Å². The van der Waals surface area contributed by atoms with Crippen molar-refractivity contribution in [3.63, 3.8) is 0 Å². The second kappa shape index (κ2) is 6.21. The van der Waals surface area contributed by atoms with Gasteiger partial charge in [-0.25, -0.2) is 0 Å². The predicted molar refractivity (Wildman–Crippen MR) is 74.9 cm³/mol. The molecule has 0 aromatic heterocycles. The van der Waals surface area contributed by atoms with Gasteiger partial charge in [0.1, 0.15) is 5.75 Å². The smallest absolute Gasteiger partial charge is 0.118 e. The number of methoxy groups -OCH3 is 1. The lowest BCUT2D eigenvalue weighted by Crippen LogP contribution is -2.52. The van der Waals surface area contributed by atoms with Crippen molar-refractivity contribution in [1.82, 2.24) is 10.2 Å². The Kier molecular flexibility index (Phi) is 4.61. The van der Waals surface area contributed by atoms with Crippen LogP contribution < -0.4 is 10.1 Å². The van der Waals surface area contributed by atoms with Crippen molar-refractivity contribution in [3.05, 3.63) is 29.8 Å². The average Bonchev–Trinajstić information content (AvgIpc) is 2.40. The van der Waals surface area contributed by atoms with E-state index in [1.807, 2.05) is 12.1 Å². The molecule has 0 spiro atoms. The summed E-state index contributed by atoms with van der Waals surface area (Å²) < 4.78 is 5.18. The van der Waals surface area contributed by atoms with E-state index in [0.29, 0.717) is 12.0 Å². The molecule has 1 aromatic rings. The summed E-state index contributed by atoms with van der Waals surface area (Å²) in [5.41, 5.74) is 1.36. The molecule has 0 unspecified atom stereocenters. The monoisotopic (exact) mass is 248 g/mol. The van der Waals surface area contributed by atoms with E-state index in [9.17, 15) is 0 Å². The number of hydrogen-bond donors (Lipinski definition) is 1. The third-order valence-corrected chi connectivity index (χ3v) is 3.66. The Labute approximate surface area is 110 Å². The van der Waals surface area contributed by atoms with Gasteiger partial charge in [0.05, 0.1) is 7.11 Å². The summed E-state index contributed by atoms with van der Waals surface area (Å²) >= 11 is 0. The molecule has 2 rings (SSSR count). The minimum absolute atomic E-state index is 0.622. The molecule has 1 aliphatic heterocycles. The van der Waals surface area contributed by atoms with Crippen LogP contribution in [0.4, 0.5) is 0 Å². The largest absolute Gasteiger partial charge is 0.497 e. The average molecular weight is 248 g/mol. The summed E-state index contributed by atoms with van der Waals surface area (Å²) in [5.74, 6) is 1.63. The lowest BCUT2D eigenvalue weighted by Gasteiger charge is -2.35. The van der Waals surface area contributed by atoms with Crippen molar-refractivity contribution < 1.29 is 4.74 Å². The maximum Gasteiger partial charge on any atom is 0.118 e. The first kappa shape index (κ1) is 13.4. The molecule has 100 valence electrons. The Morgan fingerprint density at radius 3 is 2.67 bits per heavy atom. The quantitative estimate of drug-likeness (QED) is 0.883. The van der Waals surface area contributed by atoms with E-state index in [1.54, 1.807) is 7.11 Å². The summed E-state index contributed by atoms with van der Waals surface area (Å²) in [5, 5.41) is 3.59. The number of hydrogen-bond acceptors (Lipinski definition) is 3. The Balaban J connectivity index is 1.91. The third-order valence-electron chi connectivity index (χ3n) is 3.66. The number of nitrogens with one attached hydrogen (secondary N) is 1. The molecule has 3 nitrogen and oxygen atoms in total. The molecule has 0 amide bonds. The fourth-order valence-electron chi connectivity index (χ4n) is 2.42. The summed E-state index contributed by atoms with van der Waals surface area (Å²) in [6.45, 7) is 8.98. The summed E-state index contributed by atoms with van der Waals surface area (Å²) in [7, 11) is 1.71. The Hall–Kier alpha value is -1.06. The van der Waals surface area contributed by atoms with Gasteiger partial charge >= 0.3 is 0 Å². The van der Waals surface area contributed by atoms with Gasteiger partial charge in [0.2, 0.25) is 0 Å². The SMILES string of the molecule is COc1ccc(CN2CCN[C@@H](C(C)C)C2)cc1. The summed E-state index contributed by atoms with van der Waals surface area (Å²) in [6.07, 6.45) is 0. The van der Waals surface area contributed by atoms with Gasteiger partial charge in [-0.3, -0.25) is 4.90 Å². The lowest BCUT2D eigenvalue weighted by molar-refractivity contribution is 0.168. The van der Waals surface area contributed by atoms with E-state index in [4.69, 9.17) is 4.74 Å². The molecule has 0 radical (unpaired) electrons. The zero-order chi connectivity index (χ0) is 13.0. The maximum absolute atomic E-state index is 5.18. The second-order valence-electron chi connectivity index (χ2n) is 5.39. The maximum atomic E-state index is 5.18. The van der Waals surface area contributed by atoms with Gasteiger partial charge < -0.3 is 10.1 Å². The van der Waals surface area contributed by atoms with Crippen LogP contribution in [-0.4, -0.2) is 37.7 Å². The van der Waals surface area contributed by atoms with Gasteiger partial charge in [0, 0.05) is 32.2 Å². The highest BCUT2D eigenvalue weighted by molar-refractivity contribution is 5.27. The van der Waals surface area contributed by atoms with E-state index < -0.39 is 0 Å². The van der Waals surface area contributed by atoms with Crippen LogP contribution in [0.1, 0.15) is 19.4 Å². The van der Waals surface area contributed by atoms with Crippen molar-refractivity contribution in [3.8, 4) is 5.75 Å². The van der Waals surface area contributed by atoms with Gasteiger partial charge in [-0.15, -0.1) is 0 Å². The minimum atomic E-state index is 0.622. The first-order chi connectivity index (χ1) is 8.69. The first-order valence-corrected chi connectivity index (χ1v) is 6.77. The molecule has 1 atom stereocenters. The van der Waals surface area contributed by atoms with Crippen LogP contribution in [0, 0.1) is 5.92 Å². The van der Waals surface area contributed by atoms with Gasteiger partial charge in [-0.1, -0.05) is 26.0 Å². The molecule has 1 N–H and O–H groups in total. The zero-order valence-corrected chi connectivity index (χ0v) is 11.6. The van der Waals surface area contributed by atoms with E-state index in [1.165, 1.54) is 5.56 Å². The van der Waals surface area contributed by atoms with Crippen LogP contribution >= 0.6 is 0 Å². The third kappa shape index (κ3) is 3.47. The molecular formula is C15H24N2O. The Morgan fingerprint density at radius 2 is 2.06 bits per heavy atom. The molecular weight excluding hydrogens is 224 g/mol. The van der Waals surface area contributed by atoms with E-state index in [-0.39, 0.29) is 0 Å². The van der Waals surface area contributed by atoms with Crippen molar-refractivity contribution in [2.24, 2.45) is 5.92 Å². The standard InChI is InChI=1S/C15H24N2O/c1-12(2)15-11-17(9-8-16-15)10-13-4-6-14(18-3)7-5-13/h4-7,12,15-16H,8-11H2,1-3H3/t15-/m1/s1. The first-order valence-electron chi connectivity index (χ1n) is 6.77. The van der Waals surface area contributed by atoms with Crippen LogP contribution in [0.15, 0.2) is 24.3 Å². The molecule has 1 aliphatic rings. The Bertz CT molecular complexity index is 361. The van der Waals surface area contributed by atoms with E-state index in [2.05, 4.69) is 36.2 Å². The fourth-order valence-corrected chi connectivity index (χ4v) is 2.42. The number of piperazine rings is 1. The van der Waals surface area contributed by atoms with Crippen LogP contribution in [0.25, 0.3) is 0 Å². The summed E-state index contributed by atoms with van der Waals surface area (Å²) in [6, 6.07) is 9.02. The molecule has 3 heteroatoms. The predicted octanol–water partition coefficient (Wildman–Crippen LogP) is 2.12. The molecule has 0 saturated carbocycles. The second-order valence-corrected chi connectivity index (χ2v) is 5.39. The number of ether oxygens (including phenoxy) is 1. The lowest BCUT2D eigenvalue weighted by atomic mass is 10.0. The van der Waals surface area contributed by atoms with Crippen LogP contribution in [0.2, 0.25) is 0 Å². The molecule has 18 heavy (non-hydrogen) atoms. The highest BCUT2D eigenvalue weighted by Crippen LogP contribution is 2.15. The molecule has 0 bridgehead atoms. The molecule has 1 fully saturated rings. The highest BCUT2D eigenvalue weighted by Gasteiger charge is 2.21.